The number of nitrogens with two attached hydrogens (primary N) is 1. The molecule has 0 radical (unpaired) electrons. The molecule has 0 bridgehead atoms. The molecule has 1 heterocycles. The summed E-state index contributed by atoms with van der Waals surface area (Å²) >= 11 is 0. The third-order valence-corrected chi connectivity index (χ3v) is 4.22. The molecule has 1 aliphatic heterocycles. The minimum absolute atomic E-state index is 0. The van der Waals surface area contributed by atoms with Crippen molar-refractivity contribution in [2.45, 2.75) is 19.4 Å². The molecule has 0 atom stereocenters. The average molecular weight is 361 g/mol. The van der Waals surface area contributed by atoms with E-state index < -0.39 is 0 Å². The van der Waals surface area contributed by atoms with Crippen molar-refractivity contribution in [3.8, 4) is 0 Å². The number of amides is 1. The van der Waals surface area contributed by atoms with E-state index in [-0.39, 0.29) is 30.7 Å². The molecule has 1 aromatic carbocycles. The highest BCUT2D eigenvalue weighted by Gasteiger charge is 2.23. The minimum Gasteiger partial charge on any atom is -0.382 e. The molecular weight excluding hydrogens is 335 g/mol. The summed E-state index contributed by atoms with van der Waals surface area (Å²) in [5, 5.41) is 0. The highest BCUT2D eigenvalue weighted by atomic mass is 35.5. The van der Waals surface area contributed by atoms with Gasteiger partial charge >= 0.3 is 0 Å². The van der Waals surface area contributed by atoms with Crippen molar-refractivity contribution >= 4 is 18.3 Å². The summed E-state index contributed by atoms with van der Waals surface area (Å²) in [6.45, 7) is 3.06. The molecule has 1 amide bonds. The first-order valence-corrected chi connectivity index (χ1v) is 8.00. The predicted octanol–water partition coefficient (Wildman–Crippen LogP) is 2.22. The van der Waals surface area contributed by atoms with E-state index in [4.69, 9.17) is 15.2 Å². The van der Waals surface area contributed by atoms with Crippen molar-refractivity contribution in [3.05, 3.63) is 35.1 Å². The Morgan fingerprint density at radius 3 is 2.67 bits per heavy atom. The molecule has 0 spiro atoms. The number of hydrogen-bond donors (Lipinski definition) is 1. The third-order valence-electron chi connectivity index (χ3n) is 4.22. The van der Waals surface area contributed by atoms with E-state index >= 15 is 0 Å². The van der Waals surface area contributed by atoms with Crippen LogP contribution in [0.25, 0.3) is 0 Å². The zero-order chi connectivity index (χ0) is 16.7. The molecular formula is C17H26ClFN2O3. The standard InChI is InChI=1S/C17H25FN2O3.ClH/c1-22-8-9-23-12-15-10-14(2-3-16(15)18)17(21)20-6-4-13(11-19)5-7-20;/h2-3,10,13H,4-9,11-12,19H2,1H3;1H. The Balaban J connectivity index is 0.00000288. The first-order chi connectivity index (χ1) is 11.2. The van der Waals surface area contributed by atoms with Gasteiger partial charge in [-0.3, -0.25) is 4.79 Å². The maximum absolute atomic E-state index is 13.8. The molecule has 0 aliphatic carbocycles. The summed E-state index contributed by atoms with van der Waals surface area (Å²) in [6.07, 6.45) is 1.85. The van der Waals surface area contributed by atoms with E-state index in [2.05, 4.69) is 0 Å². The monoisotopic (exact) mass is 360 g/mol. The van der Waals surface area contributed by atoms with Crippen molar-refractivity contribution < 1.29 is 18.7 Å². The van der Waals surface area contributed by atoms with Gasteiger partial charge in [0.1, 0.15) is 5.82 Å². The van der Waals surface area contributed by atoms with Gasteiger partial charge in [-0.25, -0.2) is 4.39 Å². The number of halogens is 2. The van der Waals surface area contributed by atoms with E-state index in [0.717, 1.165) is 12.8 Å². The van der Waals surface area contributed by atoms with E-state index in [0.29, 0.717) is 49.9 Å². The van der Waals surface area contributed by atoms with Crippen LogP contribution in [0.3, 0.4) is 0 Å². The van der Waals surface area contributed by atoms with Crippen molar-refractivity contribution in [3.63, 3.8) is 0 Å². The van der Waals surface area contributed by atoms with E-state index in [9.17, 15) is 9.18 Å². The first-order valence-electron chi connectivity index (χ1n) is 8.00. The summed E-state index contributed by atoms with van der Waals surface area (Å²) in [5.74, 6) is 0.0800. The van der Waals surface area contributed by atoms with Crippen LogP contribution < -0.4 is 5.73 Å². The number of carbonyl (C=O) groups excluding carboxylic acids is 1. The second kappa shape index (κ2) is 10.6. The van der Waals surface area contributed by atoms with Gasteiger partial charge in [-0.05, 0) is 43.5 Å². The van der Waals surface area contributed by atoms with Crippen molar-refractivity contribution in [1.82, 2.24) is 4.90 Å². The number of likely N-dealkylation sites (tertiary alicyclic amines) is 1. The molecule has 2 rings (SSSR count). The fourth-order valence-electron chi connectivity index (χ4n) is 2.70. The minimum atomic E-state index is -0.360. The first kappa shape index (κ1) is 20.8. The Morgan fingerprint density at radius 2 is 2.04 bits per heavy atom. The lowest BCUT2D eigenvalue weighted by molar-refractivity contribution is 0.0602. The van der Waals surface area contributed by atoms with Crippen LogP contribution in [-0.4, -0.2) is 50.8 Å². The maximum atomic E-state index is 13.8. The Kier molecular flexibility index (Phi) is 9.21. The Morgan fingerprint density at radius 1 is 1.33 bits per heavy atom. The van der Waals surface area contributed by atoms with Crippen molar-refractivity contribution in [2.24, 2.45) is 11.7 Å². The number of benzene rings is 1. The van der Waals surface area contributed by atoms with Crippen LogP contribution >= 0.6 is 12.4 Å². The number of nitrogens with zero attached hydrogens (tertiary/aromatic N) is 1. The Labute approximate surface area is 148 Å². The molecule has 1 aromatic rings. The number of rotatable bonds is 7. The molecule has 1 aliphatic rings. The molecule has 2 N–H and O–H groups in total. The van der Waals surface area contributed by atoms with Gasteiger partial charge in [0.2, 0.25) is 0 Å². The quantitative estimate of drug-likeness (QED) is 0.757. The van der Waals surface area contributed by atoms with Gasteiger partial charge in [-0.1, -0.05) is 0 Å². The van der Waals surface area contributed by atoms with Gasteiger partial charge in [0.15, 0.2) is 0 Å². The number of ether oxygens (including phenoxy) is 2. The molecule has 7 heteroatoms. The van der Waals surface area contributed by atoms with E-state index in [1.165, 1.54) is 12.1 Å². The summed E-state index contributed by atoms with van der Waals surface area (Å²) in [6, 6.07) is 4.44. The highest BCUT2D eigenvalue weighted by molar-refractivity contribution is 5.94. The topological polar surface area (TPSA) is 64.8 Å². The molecule has 136 valence electrons. The molecule has 0 unspecified atom stereocenters. The molecule has 24 heavy (non-hydrogen) atoms. The fourth-order valence-corrected chi connectivity index (χ4v) is 2.70. The molecule has 1 fully saturated rings. The van der Waals surface area contributed by atoms with Crippen molar-refractivity contribution in [1.29, 1.82) is 0 Å². The van der Waals surface area contributed by atoms with Crippen molar-refractivity contribution in [2.75, 3.05) is 40.0 Å². The number of hydrogen-bond acceptors (Lipinski definition) is 4. The second-order valence-corrected chi connectivity index (χ2v) is 5.82. The fraction of sp³-hybridized carbons (Fsp3) is 0.588. The SMILES string of the molecule is COCCOCc1cc(C(=O)N2CCC(CN)CC2)ccc1F.Cl. The lowest BCUT2D eigenvalue weighted by Gasteiger charge is -2.31. The summed E-state index contributed by atoms with van der Waals surface area (Å²) in [5.41, 5.74) is 6.57. The smallest absolute Gasteiger partial charge is 0.253 e. The Hall–Kier alpha value is -1.21. The van der Waals surface area contributed by atoms with Crippen LogP contribution in [0.2, 0.25) is 0 Å². The molecule has 1 saturated heterocycles. The van der Waals surface area contributed by atoms with Crippen LogP contribution in [0.15, 0.2) is 18.2 Å². The lowest BCUT2D eigenvalue weighted by Crippen LogP contribution is -2.40. The molecule has 0 saturated carbocycles. The lowest BCUT2D eigenvalue weighted by atomic mass is 9.96. The van der Waals surface area contributed by atoms with Gasteiger partial charge in [-0.2, -0.15) is 0 Å². The van der Waals surface area contributed by atoms with Crippen LogP contribution in [0.4, 0.5) is 4.39 Å². The number of carbonyl (C=O) groups is 1. The third kappa shape index (κ3) is 5.70. The summed E-state index contributed by atoms with van der Waals surface area (Å²) in [4.78, 5) is 14.4. The van der Waals surface area contributed by atoms with Crippen LogP contribution in [0.1, 0.15) is 28.8 Å². The van der Waals surface area contributed by atoms with Gasteiger partial charge < -0.3 is 20.1 Å². The number of methoxy groups -OCH3 is 1. The zero-order valence-electron chi connectivity index (χ0n) is 14.0. The van der Waals surface area contributed by atoms with Crippen LogP contribution in [0.5, 0.6) is 0 Å². The average Bonchev–Trinajstić information content (AvgIpc) is 2.59. The van der Waals surface area contributed by atoms with Gasteiger partial charge in [0, 0.05) is 31.3 Å². The summed E-state index contributed by atoms with van der Waals surface area (Å²) < 4.78 is 24.1. The molecule has 5 nitrogen and oxygen atoms in total. The predicted molar refractivity (Wildman–Crippen MR) is 92.9 cm³/mol. The van der Waals surface area contributed by atoms with Crippen LogP contribution in [0, 0.1) is 11.7 Å². The largest absolute Gasteiger partial charge is 0.382 e. The maximum Gasteiger partial charge on any atom is 0.253 e. The number of piperidine rings is 1. The second-order valence-electron chi connectivity index (χ2n) is 5.82. The van der Waals surface area contributed by atoms with Gasteiger partial charge in [0.25, 0.3) is 5.91 Å². The van der Waals surface area contributed by atoms with E-state index in [1.54, 1.807) is 13.2 Å². The highest BCUT2D eigenvalue weighted by Crippen LogP contribution is 2.19. The summed E-state index contributed by atoms with van der Waals surface area (Å²) in [7, 11) is 1.58. The molecule has 0 aromatic heterocycles. The van der Waals surface area contributed by atoms with Gasteiger partial charge in [-0.15, -0.1) is 12.4 Å². The zero-order valence-corrected chi connectivity index (χ0v) is 14.8. The van der Waals surface area contributed by atoms with Crippen LogP contribution in [-0.2, 0) is 16.1 Å². The Bertz CT molecular complexity index is 523. The normalized spacial score (nSPS) is 15.2. The van der Waals surface area contributed by atoms with Gasteiger partial charge in [0.05, 0.1) is 19.8 Å². The van der Waals surface area contributed by atoms with E-state index in [1.807, 2.05) is 4.90 Å².